The number of esters is 1. The summed E-state index contributed by atoms with van der Waals surface area (Å²) >= 11 is 1.42. The Bertz CT molecular complexity index is 894. The molecule has 180 valence electrons. The average Bonchev–Trinajstić information content (AvgIpc) is 3.44. The van der Waals surface area contributed by atoms with Crippen molar-refractivity contribution < 1.29 is 24.5 Å². The molecular formula is C26H35NO5S. The lowest BCUT2D eigenvalue weighted by molar-refractivity contribution is -0.117. The molecule has 0 unspecified atom stereocenters. The lowest BCUT2D eigenvalue weighted by Gasteiger charge is -2.25. The molecule has 0 aliphatic carbocycles. The zero-order valence-corrected chi connectivity index (χ0v) is 20.2. The number of anilines is 1. The van der Waals surface area contributed by atoms with E-state index in [1.165, 1.54) is 11.3 Å². The number of hydrogen-bond donors (Lipinski definition) is 2. The number of carbonyl (C=O) groups is 2. The Kier molecular flexibility index (Phi) is 9.91. The van der Waals surface area contributed by atoms with Crippen molar-refractivity contribution in [3.05, 3.63) is 51.7 Å². The maximum atomic E-state index is 12.6. The molecule has 3 rings (SSSR count). The predicted octanol–water partition coefficient (Wildman–Crippen LogP) is 5.03. The fraction of sp³-hybridized carbons (Fsp3) is 0.538. The molecule has 1 saturated heterocycles. The van der Waals surface area contributed by atoms with Crippen molar-refractivity contribution >= 4 is 28.9 Å². The second-order valence-corrected chi connectivity index (χ2v) is 9.75. The lowest BCUT2D eigenvalue weighted by Crippen LogP contribution is -2.32. The molecule has 2 atom stereocenters. The van der Waals surface area contributed by atoms with Crippen LogP contribution in [0.4, 0.5) is 5.69 Å². The number of aryl methyl sites for hydroxylation is 1. The van der Waals surface area contributed by atoms with Crippen molar-refractivity contribution in [3.8, 4) is 0 Å². The first-order chi connectivity index (χ1) is 16.0. The quantitative estimate of drug-likeness (QED) is 0.315. The van der Waals surface area contributed by atoms with E-state index in [2.05, 4.69) is 6.92 Å². The van der Waals surface area contributed by atoms with Gasteiger partial charge in [-0.2, -0.15) is 0 Å². The highest BCUT2D eigenvalue weighted by molar-refractivity contribution is 7.13. The third-order valence-corrected chi connectivity index (χ3v) is 7.24. The fourth-order valence-corrected chi connectivity index (χ4v) is 5.27. The van der Waals surface area contributed by atoms with Gasteiger partial charge in [-0.05, 0) is 61.9 Å². The number of amides is 1. The average molecular weight is 474 g/mol. The highest BCUT2D eigenvalue weighted by atomic mass is 32.1. The highest BCUT2D eigenvalue weighted by Crippen LogP contribution is 2.31. The van der Waals surface area contributed by atoms with Crippen LogP contribution in [0.1, 0.15) is 84.5 Å². The summed E-state index contributed by atoms with van der Waals surface area (Å²) in [6.45, 7) is 1.98. The van der Waals surface area contributed by atoms with Crippen molar-refractivity contribution in [3.63, 3.8) is 0 Å². The molecule has 2 N–H and O–H groups in total. The summed E-state index contributed by atoms with van der Waals surface area (Å²) in [4.78, 5) is 28.0. The van der Waals surface area contributed by atoms with Gasteiger partial charge >= 0.3 is 5.97 Å². The minimum absolute atomic E-state index is 0.0103. The molecule has 0 spiro atoms. The first-order valence-corrected chi connectivity index (χ1v) is 12.8. The van der Waals surface area contributed by atoms with Gasteiger partial charge in [-0.1, -0.05) is 38.3 Å². The SMILES string of the molecule is CCCCC[C@H](O)c1ccc(N2C(=O)CC[C@H]2CCCc2ccc(C(=O)OCCO)s2)cc1. The van der Waals surface area contributed by atoms with Gasteiger partial charge in [0.1, 0.15) is 11.5 Å². The van der Waals surface area contributed by atoms with E-state index in [0.29, 0.717) is 11.3 Å². The van der Waals surface area contributed by atoms with Crippen LogP contribution >= 0.6 is 11.3 Å². The third kappa shape index (κ3) is 7.13. The largest absolute Gasteiger partial charge is 0.459 e. The summed E-state index contributed by atoms with van der Waals surface area (Å²) in [5.41, 5.74) is 1.81. The van der Waals surface area contributed by atoms with Gasteiger partial charge in [0.05, 0.1) is 12.7 Å². The van der Waals surface area contributed by atoms with Gasteiger partial charge in [-0.15, -0.1) is 11.3 Å². The fourth-order valence-electron chi connectivity index (χ4n) is 4.33. The number of benzene rings is 1. The maximum Gasteiger partial charge on any atom is 0.348 e. The van der Waals surface area contributed by atoms with Gasteiger partial charge in [0.15, 0.2) is 0 Å². The Morgan fingerprint density at radius 1 is 1.18 bits per heavy atom. The number of ether oxygens (including phenoxy) is 1. The third-order valence-electron chi connectivity index (χ3n) is 6.11. The predicted molar refractivity (Wildman–Crippen MR) is 131 cm³/mol. The number of thiophene rings is 1. The number of nitrogens with zero attached hydrogens (tertiary/aromatic N) is 1. The summed E-state index contributed by atoms with van der Waals surface area (Å²) in [5.74, 6) is -0.243. The molecule has 1 fully saturated rings. The number of aliphatic hydroxyl groups excluding tert-OH is 2. The van der Waals surface area contributed by atoms with Gasteiger partial charge < -0.3 is 19.8 Å². The minimum Gasteiger partial charge on any atom is -0.459 e. The molecule has 7 heteroatoms. The number of hydrogen-bond acceptors (Lipinski definition) is 6. The molecule has 1 aromatic carbocycles. The molecular weight excluding hydrogens is 438 g/mol. The smallest absolute Gasteiger partial charge is 0.348 e. The lowest BCUT2D eigenvalue weighted by atomic mass is 10.0. The second kappa shape index (κ2) is 12.9. The van der Waals surface area contributed by atoms with Crippen molar-refractivity contribution in [2.24, 2.45) is 0 Å². The summed E-state index contributed by atoms with van der Waals surface area (Å²) in [7, 11) is 0. The van der Waals surface area contributed by atoms with E-state index in [0.717, 1.165) is 67.5 Å². The van der Waals surface area contributed by atoms with Crippen LogP contribution in [0.15, 0.2) is 36.4 Å². The minimum atomic E-state index is -0.452. The van der Waals surface area contributed by atoms with Crippen LogP contribution < -0.4 is 4.90 Å². The van der Waals surface area contributed by atoms with Gasteiger partial charge in [0.2, 0.25) is 5.91 Å². The Hall–Kier alpha value is -2.22. The number of carbonyl (C=O) groups excluding carboxylic acids is 2. The van der Waals surface area contributed by atoms with E-state index in [-0.39, 0.29) is 25.2 Å². The molecule has 1 aliphatic heterocycles. The Labute approximate surface area is 200 Å². The normalized spacial score (nSPS) is 16.9. The molecule has 6 nitrogen and oxygen atoms in total. The van der Waals surface area contributed by atoms with E-state index in [1.807, 2.05) is 35.2 Å². The van der Waals surface area contributed by atoms with E-state index < -0.39 is 12.1 Å². The first-order valence-electron chi connectivity index (χ1n) is 12.0. The van der Waals surface area contributed by atoms with Crippen molar-refractivity contribution in [2.75, 3.05) is 18.1 Å². The molecule has 2 aromatic rings. The highest BCUT2D eigenvalue weighted by Gasteiger charge is 2.31. The number of rotatable bonds is 13. The van der Waals surface area contributed by atoms with Crippen molar-refractivity contribution in [2.45, 2.75) is 76.9 Å². The first kappa shape index (κ1) is 25.4. The van der Waals surface area contributed by atoms with E-state index >= 15 is 0 Å². The van der Waals surface area contributed by atoms with Crippen LogP contribution in [0.5, 0.6) is 0 Å². The summed E-state index contributed by atoms with van der Waals surface area (Å²) in [6.07, 6.45) is 7.67. The van der Waals surface area contributed by atoms with E-state index in [9.17, 15) is 14.7 Å². The molecule has 0 radical (unpaired) electrons. The van der Waals surface area contributed by atoms with Crippen LogP contribution in [0.3, 0.4) is 0 Å². The molecule has 2 heterocycles. The van der Waals surface area contributed by atoms with Crippen LogP contribution in [-0.2, 0) is 16.0 Å². The van der Waals surface area contributed by atoms with Gasteiger partial charge in [-0.3, -0.25) is 4.79 Å². The van der Waals surface area contributed by atoms with Gasteiger partial charge in [0, 0.05) is 23.0 Å². The maximum absolute atomic E-state index is 12.6. The molecule has 33 heavy (non-hydrogen) atoms. The molecule has 1 amide bonds. The Balaban J connectivity index is 1.53. The van der Waals surface area contributed by atoms with Crippen LogP contribution in [-0.4, -0.2) is 41.3 Å². The van der Waals surface area contributed by atoms with Gasteiger partial charge in [0.25, 0.3) is 0 Å². The Morgan fingerprint density at radius 3 is 2.70 bits per heavy atom. The molecule has 1 aliphatic rings. The topological polar surface area (TPSA) is 87.1 Å². The monoisotopic (exact) mass is 473 g/mol. The standard InChI is InChI=1S/C26H35NO5S/c1-2-3-4-8-23(29)19-9-11-21(12-10-19)27-20(13-16-25(27)30)6-5-7-22-14-15-24(33-22)26(31)32-18-17-28/h9-12,14-15,20,23,28-29H,2-8,13,16-18H2,1H3/t20-,23+/m1/s1. The number of aliphatic hydroxyl groups is 2. The van der Waals surface area contributed by atoms with Crippen LogP contribution in [0.2, 0.25) is 0 Å². The molecule has 0 bridgehead atoms. The van der Waals surface area contributed by atoms with Crippen molar-refractivity contribution in [1.82, 2.24) is 0 Å². The zero-order valence-electron chi connectivity index (χ0n) is 19.4. The van der Waals surface area contributed by atoms with Gasteiger partial charge in [-0.25, -0.2) is 4.79 Å². The summed E-state index contributed by atoms with van der Waals surface area (Å²) < 4.78 is 4.96. The Morgan fingerprint density at radius 2 is 1.97 bits per heavy atom. The van der Waals surface area contributed by atoms with Crippen LogP contribution in [0.25, 0.3) is 0 Å². The molecule has 1 aromatic heterocycles. The van der Waals surface area contributed by atoms with Crippen molar-refractivity contribution in [1.29, 1.82) is 0 Å². The summed E-state index contributed by atoms with van der Waals surface area (Å²) in [5, 5.41) is 19.2. The zero-order chi connectivity index (χ0) is 23.6. The van der Waals surface area contributed by atoms with Crippen LogP contribution in [0, 0.1) is 0 Å². The van der Waals surface area contributed by atoms with E-state index in [4.69, 9.17) is 9.84 Å². The van der Waals surface area contributed by atoms with E-state index in [1.54, 1.807) is 6.07 Å². The second-order valence-electron chi connectivity index (χ2n) is 8.58. The molecule has 0 saturated carbocycles. The summed E-state index contributed by atoms with van der Waals surface area (Å²) in [6, 6.07) is 11.7. The number of unbranched alkanes of at least 4 members (excludes halogenated alkanes) is 2.